The molecule has 3 aromatic carbocycles. The molecule has 4 aromatic rings. The summed E-state index contributed by atoms with van der Waals surface area (Å²) in [5, 5.41) is 2.63. The number of hydrogen-bond acceptors (Lipinski definition) is 6. The van der Waals surface area contributed by atoms with Crippen LogP contribution in [0, 0.1) is 5.82 Å². The Bertz CT molecular complexity index is 1620. The van der Waals surface area contributed by atoms with Gasteiger partial charge in [0.05, 0.1) is 21.8 Å². The Morgan fingerprint density at radius 2 is 2.00 bits per heavy atom. The number of aliphatic imine (C=N–C) groups is 1. The van der Waals surface area contributed by atoms with Crippen molar-refractivity contribution in [3.8, 4) is 11.6 Å². The van der Waals surface area contributed by atoms with Gasteiger partial charge in [0, 0.05) is 16.6 Å². The number of halogens is 4. The second kappa shape index (κ2) is 10.8. The molecule has 0 unspecified atom stereocenters. The number of aromatic nitrogens is 2. The van der Waals surface area contributed by atoms with Crippen molar-refractivity contribution in [2.24, 2.45) is 4.99 Å². The largest absolute Gasteiger partial charge is 0.436 e. The third-order valence-electron chi connectivity index (χ3n) is 5.43. The highest BCUT2D eigenvalue weighted by atomic mass is 79.9. The molecule has 0 radical (unpaired) electrons. The lowest BCUT2D eigenvalue weighted by molar-refractivity contribution is -0.122. The first-order chi connectivity index (χ1) is 17.8. The van der Waals surface area contributed by atoms with Crippen molar-refractivity contribution in [1.29, 1.82) is 0 Å². The molecule has 5 rings (SSSR count). The van der Waals surface area contributed by atoms with Crippen LogP contribution in [0.2, 0.25) is 10.3 Å². The first-order valence-electron chi connectivity index (χ1n) is 11.0. The van der Waals surface area contributed by atoms with E-state index in [4.69, 9.17) is 27.9 Å². The zero-order valence-electron chi connectivity index (χ0n) is 19.1. The quantitative estimate of drug-likeness (QED) is 0.167. The lowest BCUT2D eigenvalue weighted by Gasteiger charge is -2.13. The van der Waals surface area contributed by atoms with Crippen LogP contribution < -0.4 is 4.74 Å². The summed E-state index contributed by atoms with van der Waals surface area (Å²) in [6.07, 6.45) is 2.67. The molecule has 11 heteroatoms. The minimum absolute atomic E-state index is 0.147. The van der Waals surface area contributed by atoms with E-state index in [9.17, 15) is 9.18 Å². The Morgan fingerprint density at radius 3 is 2.78 bits per heavy atom. The number of fused-ring (bicyclic) bond motifs is 1. The van der Waals surface area contributed by atoms with Gasteiger partial charge in [-0.05, 0) is 87.3 Å². The molecule has 1 aliphatic rings. The molecule has 1 saturated heterocycles. The summed E-state index contributed by atoms with van der Waals surface area (Å²) in [5.74, 6) is -0.974. The van der Waals surface area contributed by atoms with Crippen LogP contribution in [-0.2, 0) is 4.79 Å². The topological polar surface area (TPSA) is 67.7 Å². The molecule has 1 aliphatic heterocycles. The minimum Gasteiger partial charge on any atom is -0.436 e. The molecule has 186 valence electrons. The van der Waals surface area contributed by atoms with Gasteiger partial charge in [0.2, 0.25) is 11.1 Å². The minimum atomic E-state index is -0.762. The van der Waals surface area contributed by atoms with E-state index in [0.717, 1.165) is 21.4 Å². The highest BCUT2D eigenvalue weighted by Gasteiger charge is 2.33. The van der Waals surface area contributed by atoms with E-state index < -0.39 is 5.82 Å². The first kappa shape index (κ1) is 25.7. The third-order valence-corrected chi connectivity index (χ3v) is 7.85. The molecule has 37 heavy (non-hydrogen) atoms. The van der Waals surface area contributed by atoms with Crippen LogP contribution in [0.25, 0.3) is 16.8 Å². The summed E-state index contributed by atoms with van der Waals surface area (Å²) in [6, 6.07) is 16.5. The molecule has 0 bridgehead atoms. The van der Waals surface area contributed by atoms with Crippen molar-refractivity contribution < 1.29 is 13.9 Å². The van der Waals surface area contributed by atoms with Gasteiger partial charge in [0.25, 0.3) is 11.8 Å². The maximum atomic E-state index is 14.4. The van der Waals surface area contributed by atoms with E-state index in [2.05, 4.69) is 30.9 Å². The summed E-state index contributed by atoms with van der Waals surface area (Å²) >= 11 is 16.7. The number of carbonyl (C=O) groups excluding carboxylic acids is 1. The van der Waals surface area contributed by atoms with E-state index >= 15 is 0 Å². The number of amides is 1. The molecule has 0 atom stereocenters. The number of hydrogen-bond donors (Lipinski definition) is 0. The molecule has 0 spiro atoms. The predicted octanol–water partition coefficient (Wildman–Crippen LogP) is 8.25. The maximum Gasteiger partial charge on any atom is 0.266 e. The Hall–Kier alpha value is -2.98. The summed E-state index contributed by atoms with van der Waals surface area (Å²) in [7, 11) is 0. The van der Waals surface area contributed by atoms with E-state index in [1.165, 1.54) is 11.8 Å². The van der Waals surface area contributed by atoms with Gasteiger partial charge in [-0.25, -0.2) is 9.98 Å². The van der Waals surface area contributed by atoms with Crippen LogP contribution in [0.15, 0.2) is 75.2 Å². The average molecular weight is 618 g/mol. The Labute approximate surface area is 234 Å². The van der Waals surface area contributed by atoms with Crippen molar-refractivity contribution >= 4 is 84.5 Å². The zero-order chi connectivity index (χ0) is 26.1. The van der Waals surface area contributed by atoms with Crippen molar-refractivity contribution in [3.63, 3.8) is 0 Å². The fraction of sp³-hybridized carbons (Fsp3) is 0.0769. The first-order valence-corrected chi connectivity index (χ1v) is 13.3. The number of benzene rings is 3. The van der Waals surface area contributed by atoms with Crippen molar-refractivity contribution in [2.75, 3.05) is 6.54 Å². The van der Waals surface area contributed by atoms with Gasteiger partial charge in [0.1, 0.15) is 5.75 Å². The lowest BCUT2D eigenvalue weighted by atomic mass is 10.0. The van der Waals surface area contributed by atoms with Gasteiger partial charge >= 0.3 is 0 Å². The van der Waals surface area contributed by atoms with Crippen LogP contribution in [0.5, 0.6) is 11.6 Å². The van der Waals surface area contributed by atoms with E-state index in [1.54, 1.807) is 29.2 Å². The zero-order valence-corrected chi connectivity index (χ0v) is 23.0. The SMILES string of the molecule is CCN1C(=O)/C(=C/c2c(Oc3nc(Cl)ncc3F)ccc3ccccc23)SC1=Nc1ccc(Br)c(Cl)c1. The molecule has 0 aliphatic carbocycles. The van der Waals surface area contributed by atoms with Gasteiger partial charge in [-0.3, -0.25) is 9.69 Å². The Kier molecular flexibility index (Phi) is 7.48. The normalized spacial score (nSPS) is 15.8. The van der Waals surface area contributed by atoms with Gasteiger partial charge in [0.15, 0.2) is 5.17 Å². The average Bonchev–Trinajstić information content (AvgIpc) is 3.18. The van der Waals surface area contributed by atoms with Crippen LogP contribution in [-0.4, -0.2) is 32.5 Å². The monoisotopic (exact) mass is 616 g/mol. The number of likely N-dealkylation sites (N-methyl/N-ethyl adjacent to an activating group) is 1. The number of nitrogens with zero attached hydrogens (tertiary/aromatic N) is 4. The number of carbonyl (C=O) groups is 1. The van der Waals surface area contributed by atoms with Gasteiger partial charge < -0.3 is 4.74 Å². The maximum absolute atomic E-state index is 14.4. The second-order valence-electron chi connectivity index (χ2n) is 7.75. The molecule has 1 amide bonds. The summed E-state index contributed by atoms with van der Waals surface area (Å²) in [5.41, 5.74) is 1.21. The van der Waals surface area contributed by atoms with E-state index in [-0.39, 0.29) is 17.1 Å². The van der Waals surface area contributed by atoms with Crippen molar-refractivity contribution in [1.82, 2.24) is 14.9 Å². The predicted molar refractivity (Wildman–Crippen MR) is 150 cm³/mol. The molecular weight excluding hydrogens is 602 g/mol. The summed E-state index contributed by atoms with van der Waals surface area (Å²) < 4.78 is 21.0. The summed E-state index contributed by atoms with van der Waals surface area (Å²) in [6.45, 7) is 2.30. The summed E-state index contributed by atoms with van der Waals surface area (Å²) in [4.78, 5) is 27.5. The van der Waals surface area contributed by atoms with Crippen LogP contribution >= 0.6 is 50.9 Å². The van der Waals surface area contributed by atoms with Crippen molar-refractivity contribution in [2.45, 2.75) is 6.92 Å². The molecular formula is C26H16BrCl2FN4O2S. The molecule has 2 heterocycles. The number of rotatable bonds is 5. The fourth-order valence-corrected chi connectivity index (χ4v) is 5.28. The molecule has 1 fully saturated rings. The fourth-order valence-electron chi connectivity index (χ4n) is 3.69. The third kappa shape index (κ3) is 5.36. The van der Waals surface area contributed by atoms with Gasteiger partial charge in [-0.1, -0.05) is 41.9 Å². The Balaban J connectivity index is 1.60. The highest BCUT2D eigenvalue weighted by molar-refractivity contribution is 9.10. The smallest absolute Gasteiger partial charge is 0.266 e. The highest BCUT2D eigenvalue weighted by Crippen LogP contribution is 2.39. The molecule has 0 N–H and O–H groups in total. The van der Waals surface area contributed by atoms with Gasteiger partial charge in [-0.15, -0.1) is 0 Å². The number of amidine groups is 1. The van der Waals surface area contributed by atoms with Crippen LogP contribution in [0.1, 0.15) is 12.5 Å². The molecule has 0 saturated carbocycles. The van der Waals surface area contributed by atoms with Gasteiger partial charge in [-0.2, -0.15) is 9.37 Å². The number of ether oxygens (including phenoxy) is 1. The van der Waals surface area contributed by atoms with E-state index in [1.807, 2.05) is 43.3 Å². The standard InChI is InChI=1S/C26H16BrCl2FN4O2S/c1-2-34-24(35)22(37-26(34)32-15-8-9-18(27)19(28)11-15)12-17-16-6-4-3-5-14(16)7-10-21(17)36-23-20(30)13-31-25(29)33-23/h3-13H,2H2,1H3/b22-12-,32-26?. The lowest BCUT2D eigenvalue weighted by Crippen LogP contribution is -2.28. The Morgan fingerprint density at radius 1 is 1.19 bits per heavy atom. The molecule has 1 aromatic heterocycles. The van der Waals surface area contributed by atoms with Crippen LogP contribution in [0.4, 0.5) is 10.1 Å². The second-order valence-corrected chi connectivity index (χ2v) is 10.4. The van der Waals surface area contributed by atoms with Crippen LogP contribution in [0.3, 0.4) is 0 Å². The van der Waals surface area contributed by atoms with E-state index in [0.29, 0.717) is 38.6 Å². The van der Waals surface area contributed by atoms with Crippen molar-refractivity contribution in [3.05, 3.63) is 91.9 Å². The number of thioether (sulfide) groups is 1. The molecule has 6 nitrogen and oxygen atoms in total.